The summed E-state index contributed by atoms with van der Waals surface area (Å²) in [6, 6.07) is 40.7. The minimum atomic E-state index is 0.999. The van der Waals surface area contributed by atoms with Gasteiger partial charge in [-0.15, -0.1) is 0 Å². The second kappa shape index (κ2) is 11.4. The van der Waals surface area contributed by atoms with Crippen molar-refractivity contribution >= 4 is 65.3 Å². The van der Waals surface area contributed by atoms with Crippen molar-refractivity contribution in [2.24, 2.45) is 0 Å². The maximum Gasteiger partial charge on any atom is 0.0795 e. The molecule has 9 rings (SSSR count). The number of para-hydroxylation sites is 1. The van der Waals surface area contributed by atoms with Crippen LogP contribution in [0.5, 0.6) is 0 Å². The number of pyridine rings is 5. The first kappa shape index (κ1) is 25.2. The topological polar surface area (TPSA) is 64.5 Å². The van der Waals surface area contributed by atoms with Crippen LogP contribution in [0.4, 0.5) is 0 Å². The van der Waals surface area contributed by atoms with Crippen LogP contribution in [0.25, 0.3) is 65.3 Å². The van der Waals surface area contributed by atoms with E-state index in [0.29, 0.717) is 0 Å². The summed E-state index contributed by atoms with van der Waals surface area (Å²) in [7, 11) is 0. The third-order valence-electron chi connectivity index (χ3n) is 7.22. The summed E-state index contributed by atoms with van der Waals surface area (Å²) >= 11 is 0. The van der Waals surface area contributed by atoms with Gasteiger partial charge < -0.3 is 0 Å². The molecule has 0 fully saturated rings. The largest absolute Gasteiger partial charge is 0.256 e. The van der Waals surface area contributed by atoms with E-state index in [4.69, 9.17) is 0 Å². The number of fused-ring (bicyclic) bond motifs is 9. The Morgan fingerprint density at radius 1 is 0.286 bits per heavy atom. The highest BCUT2D eigenvalue weighted by atomic mass is 14.7. The van der Waals surface area contributed by atoms with Gasteiger partial charge in [0.25, 0.3) is 0 Å². The Morgan fingerprint density at radius 3 is 1.48 bits per heavy atom. The number of rotatable bonds is 0. The van der Waals surface area contributed by atoms with Crippen molar-refractivity contribution in [3.05, 3.63) is 152 Å². The molecule has 5 aromatic heterocycles. The molecule has 0 saturated heterocycles. The number of hydrogen-bond donors (Lipinski definition) is 0. The third-order valence-corrected chi connectivity index (χ3v) is 7.22. The number of nitrogens with zero attached hydrogens (tertiary/aromatic N) is 5. The first-order chi connectivity index (χ1) is 20.8. The van der Waals surface area contributed by atoms with Crippen molar-refractivity contribution in [2.75, 3.05) is 0 Å². The van der Waals surface area contributed by atoms with E-state index in [9.17, 15) is 0 Å². The van der Waals surface area contributed by atoms with Gasteiger partial charge in [0.1, 0.15) is 0 Å². The normalized spacial score (nSPS) is 10.9. The van der Waals surface area contributed by atoms with E-state index in [1.165, 1.54) is 16.2 Å². The summed E-state index contributed by atoms with van der Waals surface area (Å²) in [6.45, 7) is 0. The lowest BCUT2D eigenvalue weighted by Crippen LogP contribution is -1.82. The van der Waals surface area contributed by atoms with Crippen molar-refractivity contribution in [3.8, 4) is 0 Å². The van der Waals surface area contributed by atoms with E-state index in [2.05, 4.69) is 85.6 Å². The fraction of sp³-hybridized carbons (Fsp3) is 0. The van der Waals surface area contributed by atoms with Crippen LogP contribution < -0.4 is 0 Å². The van der Waals surface area contributed by atoms with Gasteiger partial charge in [0.15, 0.2) is 0 Å². The molecule has 9 aromatic rings. The van der Waals surface area contributed by atoms with Gasteiger partial charge in [-0.3, -0.25) is 24.9 Å². The molecule has 42 heavy (non-hydrogen) atoms. The maximum atomic E-state index is 4.41. The summed E-state index contributed by atoms with van der Waals surface area (Å²) in [5.41, 5.74) is 5.13. The summed E-state index contributed by atoms with van der Waals surface area (Å²) in [6.07, 6.45) is 9.17. The Bertz CT molecular complexity index is 1900. The zero-order valence-corrected chi connectivity index (χ0v) is 22.7. The molecule has 5 nitrogen and oxygen atoms in total. The second-order valence-electron chi connectivity index (χ2n) is 9.78. The standard InChI is InChI=1S/C13H9N.2C12H8N2/c1-2-6-11-10(5-1)9-14-13-8-4-3-7-12(11)13;1-3-9-5-6-11-10(4-2-7-13-11)12(9)14-8-1;1-3-9-10-4-2-8-14-12(10)6-5-11(9)13-7-1/h1-9H;2*1-8H. The van der Waals surface area contributed by atoms with Crippen LogP contribution in [0.15, 0.2) is 152 Å². The number of benzene rings is 4. The molecule has 4 aromatic carbocycles. The van der Waals surface area contributed by atoms with Crippen LogP contribution in [0, 0.1) is 0 Å². The average Bonchev–Trinajstić information content (AvgIpc) is 3.09. The number of hydrogen-bond acceptors (Lipinski definition) is 5. The molecule has 0 unspecified atom stereocenters. The summed E-state index contributed by atoms with van der Waals surface area (Å²) in [5.74, 6) is 0. The van der Waals surface area contributed by atoms with Gasteiger partial charge in [-0.05, 0) is 60.0 Å². The third kappa shape index (κ3) is 4.95. The molecule has 0 amide bonds. The zero-order chi connectivity index (χ0) is 28.1. The molecular formula is C37H25N5. The Balaban J connectivity index is 0.000000103. The van der Waals surface area contributed by atoms with Crippen LogP contribution in [-0.4, -0.2) is 24.9 Å². The van der Waals surface area contributed by atoms with Gasteiger partial charge in [0, 0.05) is 63.3 Å². The highest BCUT2D eigenvalue weighted by Gasteiger charge is 2.01. The van der Waals surface area contributed by atoms with Crippen LogP contribution in [0.3, 0.4) is 0 Å². The van der Waals surface area contributed by atoms with Crippen molar-refractivity contribution in [1.29, 1.82) is 0 Å². The molecule has 0 spiro atoms. The van der Waals surface area contributed by atoms with Crippen LogP contribution in [-0.2, 0) is 0 Å². The number of aromatic nitrogens is 5. The van der Waals surface area contributed by atoms with Crippen molar-refractivity contribution in [3.63, 3.8) is 0 Å². The molecular weight excluding hydrogens is 514 g/mol. The van der Waals surface area contributed by atoms with Gasteiger partial charge in [-0.2, -0.15) is 0 Å². The van der Waals surface area contributed by atoms with Gasteiger partial charge in [0.05, 0.1) is 27.6 Å². The lowest BCUT2D eigenvalue weighted by molar-refractivity contribution is 1.39. The van der Waals surface area contributed by atoms with E-state index in [-0.39, 0.29) is 0 Å². The molecule has 0 N–H and O–H groups in total. The van der Waals surface area contributed by atoms with E-state index in [1.54, 1.807) is 6.20 Å². The van der Waals surface area contributed by atoms with E-state index >= 15 is 0 Å². The lowest BCUT2D eigenvalue weighted by Gasteiger charge is -2.01. The smallest absolute Gasteiger partial charge is 0.0795 e. The Morgan fingerprint density at radius 2 is 0.738 bits per heavy atom. The van der Waals surface area contributed by atoms with Gasteiger partial charge in [-0.1, -0.05) is 66.7 Å². The van der Waals surface area contributed by atoms with Crippen LogP contribution in [0.2, 0.25) is 0 Å². The van der Waals surface area contributed by atoms with E-state index < -0.39 is 0 Å². The molecule has 198 valence electrons. The molecule has 0 aliphatic rings. The van der Waals surface area contributed by atoms with Gasteiger partial charge >= 0.3 is 0 Å². The molecule has 0 saturated carbocycles. The fourth-order valence-electron chi connectivity index (χ4n) is 5.22. The van der Waals surface area contributed by atoms with Gasteiger partial charge in [-0.25, -0.2) is 0 Å². The quantitative estimate of drug-likeness (QED) is 0.180. The highest BCUT2D eigenvalue weighted by Crippen LogP contribution is 2.23. The molecule has 0 radical (unpaired) electrons. The van der Waals surface area contributed by atoms with Crippen molar-refractivity contribution in [2.45, 2.75) is 0 Å². The first-order valence-corrected chi connectivity index (χ1v) is 13.7. The monoisotopic (exact) mass is 539 g/mol. The van der Waals surface area contributed by atoms with E-state index in [1.807, 2.05) is 85.5 Å². The second-order valence-corrected chi connectivity index (χ2v) is 9.78. The molecule has 5 heterocycles. The van der Waals surface area contributed by atoms with Crippen molar-refractivity contribution < 1.29 is 0 Å². The predicted molar refractivity (Wildman–Crippen MR) is 173 cm³/mol. The molecule has 0 bridgehead atoms. The fourth-order valence-corrected chi connectivity index (χ4v) is 5.22. The van der Waals surface area contributed by atoms with Crippen LogP contribution in [0.1, 0.15) is 0 Å². The van der Waals surface area contributed by atoms with Crippen LogP contribution >= 0.6 is 0 Å². The van der Waals surface area contributed by atoms with E-state index in [0.717, 1.165) is 49.1 Å². The average molecular weight is 540 g/mol. The minimum absolute atomic E-state index is 0.999. The molecule has 0 atom stereocenters. The van der Waals surface area contributed by atoms with Crippen molar-refractivity contribution in [1.82, 2.24) is 24.9 Å². The lowest BCUT2D eigenvalue weighted by atomic mass is 10.1. The SMILES string of the molecule is c1ccc2c(c1)cnc1ccccc12.c1cnc2c(c1)ccc1ncccc12.c1cnc2ccc3ncccc3c2c1. The summed E-state index contributed by atoms with van der Waals surface area (Å²) < 4.78 is 0. The summed E-state index contributed by atoms with van der Waals surface area (Å²) in [5, 5.41) is 8.31. The Labute approximate surface area is 242 Å². The molecule has 5 heteroatoms. The predicted octanol–water partition coefficient (Wildman–Crippen LogP) is 8.95. The first-order valence-electron chi connectivity index (χ1n) is 13.7. The maximum absolute atomic E-state index is 4.41. The zero-order valence-electron chi connectivity index (χ0n) is 22.7. The highest BCUT2D eigenvalue weighted by molar-refractivity contribution is 6.06. The molecule has 0 aliphatic carbocycles. The minimum Gasteiger partial charge on any atom is -0.256 e. The van der Waals surface area contributed by atoms with Gasteiger partial charge in [0.2, 0.25) is 0 Å². The summed E-state index contributed by atoms with van der Waals surface area (Å²) in [4.78, 5) is 21.7. The molecule has 0 aliphatic heterocycles. The Hall–Kier alpha value is -5.81. The Kier molecular flexibility index (Phi) is 6.81.